The molecule has 0 aromatic heterocycles. The standard InChI is InChI=1S/C17H19F2N3O3S/c1-22(2)13-8-6-12(7-9-13)10-20-16(23)11-21-26(24,25)17-14(18)4-3-5-15(17)19/h3-9,21H,10-11H2,1-2H3,(H,20,23). The van der Waals surface area contributed by atoms with Gasteiger partial charge in [-0.25, -0.2) is 21.9 Å². The summed E-state index contributed by atoms with van der Waals surface area (Å²) < 4.78 is 53.0. The average molecular weight is 383 g/mol. The first-order valence-corrected chi connectivity index (χ1v) is 9.15. The summed E-state index contributed by atoms with van der Waals surface area (Å²) in [5, 5.41) is 2.53. The molecule has 0 saturated heterocycles. The van der Waals surface area contributed by atoms with Crippen LogP contribution in [0.5, 0.6) is 0 Å². The maximum atomic E-state index is 13.6. The van der Waals surface area contributed by atoms with Crippen LogP contribution in [0, 0.1) is 11.6 Å². The monoisotopic (exact) mass is 383 g/mol. The largest absolute Gasteiger partial charge is 0.378 e. The number of hydrogen-bond donors (Lipinski definition) is 2. The molecule has 26 heavy (non-hydrogen) atoms. The van der Waals surface area contributed by atoms with Gasteiger partial charge in [-0.3, -0.25) is 4.79 Å². The summed E-state index contributed by atoms with van der Waals surface area (Å²) in [6, 6.07) is 10.1. The minimum atomic E-state index is -4.48. The van der Waals surface area contributed by atoms with Gasteiger partial charge in [0.15, 0.2) is 4.90 Å². The van der Waals surface area contributed by atoms with Crippen LogP contribution in [0.3, 0.4) is 0 Å². The second-order valence-electron chi connectivity index (χ2n) is 5.71. The number of anilines is 1. The molecule has 0 saturated carbocycles. The molecule has 0 fully saturated rings. The first-order chi connectivity index (χ1) is 12.2. The van der Waals surface area contributed by atoms with Crippen molar-refractivity contribution in [3.63, 3.8) is 0 Å². The first-order valence-electron chi connectivity index (χ1n) is 7.67. The third-order valence-corrected chi connectivity index (χ3v) is 5.00. The Kier molecular flexibility index (Phi) is 6.27. The van der Waals surface area contributed by atoms with Gasteiger partial charge in [0.05, 0.1) is 6.54 Å². The lowest BCUT2D eigenvalue weighted by molar-refractivity contribution is -0.120. The van der Waals surface area contributed by atoms with Crippen molar-refractivity contribution in [2.75, 3.05) is 25.5 Å². The lowest BCUT2D eigenvalue weighted by Gasteiger charge is -2.13. The van der Waals surface area contributed by atoms with E-state index in [4.69, 9.17) is 0 Å². The number of carbonyl (C=O) groups excluding carboxylic acids is 1. The predicted octanol–water partition coefficient (Wildman–Crippen LogP) is 1.63. The lowest BCUT2D eigenvalue weighted by atomic mass is 10.2. The molecule has 6 nitrogen and oxygen atoms in total. The molecule has 0 aliphatic carbocycles. The summed E-state index contributed by atoms with van der Waals surface area (Å²) >= 11 is 0. The zero-order valence-electron chi connectivity index (χ0n) is 14.3. The van der Waals surface area contributed by atoms with E-state index < -0.39 is 39.0 Å². The highest BCUT2D eigenvalue weighted by Gasteiger charge is 2.24. The fourth-order valence-corrected chi connectivity index (χ4v) is 3.26. The summed E-state index contributed by atoms with van der Waals surface area (Å²) in [4.78, 5) is 12.6. The summed E-state index contributed by atoms with van der Waals surface area (Å²) in [7, 11) is -0.673. The summed E-state index contributed by atoms with van der Waals surface area (Å²) in [6.45, 7) is -0.436. The van der Waals surface area contributed by atoms with Crippen molar-refractivity contribution in [1.82, 2.24) is 10.0 Å². The number of halogens is 2. The van der Waals surface area contributed by atoms with Crippen LogP contribution < -0.4 is 14.9 Å². The molecular formula is C17H19F2N3O3S. The van der Waals surface area contributed by atoms with Gasteiger partial charge in [0.1, 0.15) is 11.6 Å². The summed E-state index contributed by atoms with van der Waals surface area (Å²) in [6.07, 6.45) is 0. The number of hydrogen-bond acceptors (Lipinski definition) is 4. The maximum Gasteiger partial charge on any atom is 0.246 e. The zero-order valence-corrected chi connectivity index (χ0v) is 15.1. The van der Waals surface area contributed by atoms with Crippen LogP contribution in [-0.4, -0.2) is 35.0 Å². The van der Waals surface area contributed by atoms with E-state index in [-0.39, 0.29) is 6.54 Å². The Bertz CT molecular complexity index is 864. The molecule has 0 aliphatic rings. The number of benzene rings is 2. The quantitative estimate of drug-likeness (QED) is 0.762. The number of carbonyl (C=O) groups is 1. The van der Waals surface area contributed by atoms with Crippen LogP contribution in [0.25, 0.3) is 0 Å². The number of amides is 1. The topological polar surface area (TPSA) is 78.5 Å². The van der Waals surface area contributed by atoms with Crippen molar-refractivity contribution < 1.29 is 22.0 Å². The predicted molar refractivity (Wildman–Crippen MR) is 94.2 cm³/mol. The van der Waals surface area contributed by atoms with Gasteiger partial charge in [0, 0.05) is 26.3 Å². The minimum Gasteiger partial charge on any atom is -0.378 e. The highest BCUT2D eigenvalue weighted by molar-refractivity contribution is 7.89. The van der Waals surface area contributed by atoms with Crippen molar-refractivity contribution in [3.05, 3.63) is 59.7 Å². The molecule has 1 amide bonds. The molecule has 0 aliphatic heterocycles. The number of sulfonamides is 1. The van der Waals surface area contributed by atoms with Crippen LogP contribution in [0.4, 0.5) is 14.5 Å². The molecule has 0 spiro atoms. The van der Waals surface area contributed by atoms with Gasteiger partial charge in [0.2, 0.25) is 15.9 Å². The van der Waals surface area contributed by atoms with E-state index in [9.17, 15) is 22.0 Å². The van der Waals surface area contributed by atoms with Gasteiger partial charge in [0.25, 0.3) is 0 Å². The van der Waals surface area contributed by atoms with E-state index in [0.29, 0.717) is 0 Å². The number of nitrogens with zero attached hydrogens (tertiary/aromatic N) is 1. The molecular weight excluding hydrogens is 364 g/mol. The van der Waals surface area contributed by atoms with Crippen molar-refractivity contribution in [2.24, 2.45) is 0 Å². The zero-order chi connectivity index (χ0) is 19.3. The molecule has 2 rings (SSSR count). The summed E-state index contributed by atoms with van der Waals surface area (Å²) in [5.41, 5.74) is 1.83. The third-order valence-electron chi connectivity index (χ3n) is 3.55. The van der Waals surface area contributed by atoms with Gasteiger partial charge in [-0.1, -0.05) is 18.2 Å². The second kappa shape index (κ2) is 8.24. The molecule has 9 heteroatoms. The van der Waals surface area contributed by atoms with E-state index in [1.165, 1.54) is 0 Å². The van der Waals surface area contributed by atoms with Crippen LogP contribution in [0.1, 0.15) is 5.56 Å². The molecule has 0 heterocycles. The third kappa shape index (κ3) is 4.99. The fourth-order valence-electron chi connectivity index (χ4n) is 2.15. The average Bonchev–Trinajstić information content (AvgIpc) is 2.58. The van der Waals surface area contributed by atoms with E-state index in [1.807, 2.05) is 48.0 Å². The lowest BCUT2D eigenvalue weighted by Crippen LogP contribution is -2.37. The van der Waals surface area contributed by atoms with E-state index in [2.05, 4.69) is 5.32 Å². The molecule has 140 valence electrons. The molecule has 2 aromatic rings. The Morgan fingerprint density at radius 3 is 2.15 bits per heavy atom. The smallest absolute Gasteiger partial charge is 0.246 e. The molecule has 0 bridgehead atoms. The Hall–Kier alpha value is -2.52. The highest BCUT2D eigenvalue weighted by Crippen LogP contribution is 2.17. The molecule has 0 radical (unpaired) electrons. The number of rotatable bonds is 7. The fraction of sp³-hybridized carbons (Fsp3) is 0.235. The van der Waals surface area contributed by atoms with Gasteiger partial charge < -0.3 is 10.2 Å². The first kappa shape index (κ1) is 19.8. The van der Waals surface area contributed by atoms with Crippen molar-refractivity contribution in [3.8, 4) is 0 Å². The van der Waals surface area contributed by atoms with Crippen LogP contribution in [0.15, 0.2) is 47.4 Å². The van der Waals surface area contributed by atoms with E-state index in [0.717, 1.165) is 29.4 Å². The van der Waals surface area contributed by atoms with Gasteiger partial charge >= 0.3 is 0 Å². The van der Waals surface area contributed by atoms with Crippen molar-refractivity contribution in [2.45, 2.75) is 11.4 Å². The van der Waals surface area contributed by atoms with E-state index >= 15 is 0 Å². The van der Waals surface area contributed by atoms with E-state index in [1.54, 1.807) is 0 Å². The van der Waals surface area contributed by atoms with Crippen molar-refractivity contribution >= 4 is 21.6 Å². The molecule has 0 atom stereocenters. The normalized spacial score (nSPS) is 11.2. The van der Waals surface area contributed by atoms with Gasteiger partial charge in [-0.05, 0) is 29.8 Å². The second-order valence-corrected chi connectivity index (χ2v) is 7.42. The molecule has 0 unspecified atom stereocenters. The van der Waals surface area contributed by atoms with Crippen LogP contribution in [-0.2, 0) is 21.4 Å². The van der Waals surface area contributed by atoms with Crippen LogP contribution >= 0.6 is 0 Å². The maximum absolute atomic E-state index is 13.6. The summed E-state index contributed by atoms with van der Waals surface area (Å²) in [5.74, 6) is -3.07. The molecule has 2 aromatic carbocycles. The SMILES string of the molecule is CN(C)c1ccc(CNC(=O)CNS(=O)(=O)c2c(F)cccc2F)cc1. The Labute approximate surface area is 150 Å². The highest BCUT2D eigenvalue weighted by atomic mass is 32.2. The number of nitrogens with one attached hydrogen (secondary N) is 2. The molecule has 2 N–H and O–H groups in total. The Morgan fingerprint density at radius 1 is 1.04 bits per heavy atom. The van der Waals surface area contributed by atoms with Gasteiger partial charge in [-0.2, -0.15) is 0 Å². The van der Waals surface area contributed by atoms with Gasteiger partial charge in [-0.15, -0.1) is 0 Å². The van der Waals surface area contributed by atoms with Crippen molar-refractivity contribution in [1.29, 1.82) is 0 Å². The van der Waals surface area contributed by atoms with Crippen LogP contribution in [0.2, 0.25) is 0 Å². The Morgan fingerprint density at radius 2 is 1.62 bits per heavy atom. The Balaban J connectivity index is 1.92. The minimum absolute atomic E-state index is 0.197.